The van der Waals surface area contributed by atoms with E-state index in [1.807, 2.05) is 0 Å². The van der Waals surface area contributed by atoms with Gasteiger partial charge in [-0.25, -0.2) is 0 Å². The van der Waals surface area contributed by atoms with E-state index in [0.29, 0.717) is 11.8 Å². The zero-order valence-corrected chi connectivity index (χ0v) is 15.2. The molecule has 128 valence electrons. The number of ketones is 1. The molecule has 4 aliphatic carbocycles. The molecule has 0 radical (unpaired) electrons. The Morgan fingerprint density at radius 3 is 1.87 bits per heavy atom. The molecule has 7 heteroatoms. The van der Waals surface area contributed by atoms with E-state index < -0.39 is 15.5 Å². The van der Waals surface area contributed by atoms with Gasteiger partial charge in [0.15, 0.2) is 5.78 Å². The molecule has 0 aromatic rings. The number of halogens is 3. The highest BCUT2D eigenvalue weighted by atomic mass is 35.6. The largest absolute Gasteiger partial charge is 0.398 e. The summed E-state index contributed by atoms with van der Waals surface area (Å²) in [5.74, 6) is 1.60. The summed E-state index contributed by atoms with van der Waals surface area (Å²) in [5, 5.41) is 3.02. The average Bonchev–Trinajstić information content (AvgIpc) is 2.40. The van der Waals surface area contributed by atoms with Crippen LogP contribution in [0.15, 0.2) is 11.3 Å². The number of Topliss-reactive ketones (excluding diaryl/α,β-unsaturated/α-hetero) is 1. The molecule has 0 atom stereocenters. The molecule has 3 N–H and O–H groups in total. The second-order valence-corrected chi connectivity index (χ2v) is 9.55. The zero-order valence-electron chi connectivity index (χ0n) is 13.0. The minimum atomic E-state index is -1.97. The van der Waals surface area contributed by atoms with Crippen molar-refractivity contribution in [2.45, 2.75) is 48.9 Å². The van der Waals surface area contributed by atoms with Crippen molar-refractivity contribution in [2.75, 3.05) is 0 Å². The molecule has 0 spiro atoms. The monoisotopic (exact) mass is 378 g/mol. The van der Waals surface area contributed by atoms with Gasteiger partial charge in [-0.1, -0.05) is 34.8 Å². The third kappa shape index (κ3) is 3.35. The maximum Gasteiger partial charge on any atom is 0.257 e. The van der Waals surface area contributed by atoms with E-state index in [2.05, 4.69) is 5.32 Å². The fourth-order valence-electron chi connectivity index (χ4n) is 5.00. The first-order valence-electron chi connectivity index (χ1n) is 8.05. The fourth-order valence-corrected chi connectivity index (χ4v) is 5.28. The number of nitrogens with one attached hydrogen (secondary N) is 1. The first-order valence-corrected chi connectivity index (χ1v) is 9.19. The highest BCUT2D eigenvalue weighted by Gasteiger charge is 2.49. The van der Waals surface area contributed by atoms with Crippen molar-refractivity contribution in [3.63, 3.8) is 0 Å². The summed E-state index contributed by atoms with van der Waals surface area (Å²) in [5.41, 5.74) is 5.20. The summed E-state index contributed by atoms with van der Waals surface area (Å²) < 4.78 is -1.97. The van der Waals surface area contributed by atoms with E-state index in [4.69, 9.17) is 40.5 Å². The summed E-state index contributed by atoms with van der Waals surface area (Å²) in [6, 6.07) is 0.104. The van der Waals surface area contributed by atoms with Crippen LogP contribution in [0.2, 0.25) is 0 Å². The van der Waals surface area contributed by atoms with E-state index in [9.17, 15) is 9.59 Å². The number of amides is 1. The van der Waals surface area contributed by atoms with Crippen molar-refractivity contribution in [3.05, 3.63) is 11.3 Å². The second kappa shape index (κ2) is 6.12. The molecule has 0 heterocycles. The summed E-state index contributed by atoms with van der Waals surface area (Å²) in [7, 11) is 0. The van der Waals surface area contributed by atoms with Crippen LogP contribution in [-0.4, -0.2) is 21.5 Å². The molecule has 1 amide bonds. The minimum Gasteiger partial charge on any atom is -0.398 e. The number of alkyl halides is 3. The number of carbonyl (C=O) groups is 2. The van der Waals surface area contributed by atoms with Crippen LogP contribution in [0, 0.1) is 23.7 Å². The van der Waals surface area contributed by atoms with Gasteiger partial charge in [-0.15, -0.1) is 0 Å². The molecule has 23 heavy (non-hydrogen) atoms. The van der Waals surface area contributed by atoms with Gasteiger partial charge in [0.05, 0.1) is 5.70 Å². The topological polar surface area (TPSA) is 72.2 Å². The lowest BCUT2D eigenvalue weighted by Gasteiger charge is -2.54. The number of allylic oxidation sites excluding steroid dienone is 1. The van der Waals surface area contributed by atoms with Crippen molar-refractivity contribution in [1.82, 2.24) is 5.32 Å². The third-order valence-corrected chi connectivity index (χ3v) is 6.29. The molecule has 0 aromatic carbocycles. The van der Waals surface area contributed by atoms with Gasteiger partial charge in [-0.05, 0) is 62.7 Å². The Labute approximate surface area is 151 Å². The molecule has 0 aliphatic heterocycles. The molecular weight excluding hydrogens is 359 g/mol. The number of hydrogen-bond donors (Lipinski definition) is 2. The first kappa shape index (κ1) is 17.4. The van der Waals surface area contributed by atoms with E-state index in [-0.39, 0.29) is 17.3 Å². The van der Waals surface area contributed by atoms with Gasteiger partial charge in [0.25, 0.3) is 5.91 Å². The molecular formula is C16H21Cl3N2O2. The molecule has 4 bridgehead atoms. The van der Waals surface area contributed by atoms with Gasteiger partial charge in [-0.3, -0.25) is 9.59 Å². The molecule has 4 rings (SSSR count). The summed E-state index contributed by atoms with van der Waals surface area (Å²) >= 11 is 17.2. The standard InChI is InChI=1S/C16H21Cl3N2O2/c1-7(22)12(14(20)16(17,18)19)15(23)21-13-10-3-8-2-9(5-10)6-11(13)4-8/h8-11,13H,2-6,20H2,1H3,(H,21,23). The summed E-state index contributed by atoms with van der Waals surface area (Å²) in [6.45, 7) is 1.26. The normalized spacial score (nSPS) is 36.6. The van der Waals surface area contributed by atoms with Crippen molar-refractivity contribution in [3.8, 4) is 0 Å². The predicted molar refractivity (Wildman–Crippen MR) is 91.2 cm³/mol. The Morgan fingerprint density at radius 1 is 1.00 bits per heavy atom. The molecule has 4 fully saturated rings. The molecule has 4 aliphatic rings. The predicted octanol–water partition coefficient (Wildman–Crippen LogP) is 3.10. The van der Waals surface area contributed by atoms with Gasteiger partial charge in [0.1, 0.15) is 5.57 Å². The highest BCUT2D eigenvalue weighted by Crippen LogP contribution is 2.53. The highest BCUT2D eigenvalue weighted by molar-refractivity contribution is 6.69. The van der Waals surface area contributed by atoms with Crippen LogP contribution in [-0.2, 0) is 9.59 Å². The zero-order chi connectivity index (χ0) is 16.9. The summed E-state index contributed by atoms with van der Waals surface area (Å²) in [4.78, 5) is 24.5. The van der Waals surface area contributed by atoms with Crippen LogP contribution in [0.5, 0.6) is 0 Å². The second-order valence-electron chi connectivity index (χ2n) is 7.27. The van der Waals surface area contributed by atoms with Crippen LogP contribution in [0.4, 0.5) is 0 Å². The number of nitrogens with two attached hydrogens (primary N) is 1. The van der Waals surface area contributed by atoms with Crippen molar-refractivity contribution >= 4 is 46.5 Å². The van der Waals surface area contributed by atoms with Crippen LogP contribution in [0.1, 0.15) is 39.0 Å². The van der Waals surface area contributed by atoms with Crippen molar-refractivity contribution < 1.29 is 9.59 Å². The first-order chi connectivity index (χ1) is 10.7. The van der Waals surface area contributed by atoms with Crippen molar-refractivity contribution in [1.29, 1.82) is 0 Å². The quantitative estimate of drug-likeness (QED) is 0.342. The maximum absolute atomic E-state index is 12.6. The molecule has 4 nitrogen and oxygen atoms in total. The van der Waals surface area contributed by atoms with Crippen LogP contribution in [0.25, 0.3) is 0 Å². The molecule has 4 saturated carbocycles. The fraction of sp³-hybridized carbons (Fsp3) is 0.750. The Balaban J connectivity index is 1.79. The van der Waals surface area contributed by atoms with Gasteiger partial charge in [0, 0.05) is 6.04 Å². The number of carbonyl (C=O) groups excluding carboxylic acids is 2. The number of hydrogen-bond acceptors (Lipinski definition) is 3. The lowest BCUT2D eigenvalue weighted by molar-refractivity contribution is -0.124. The maximum atomic E-state index is 12.6. The molecule has 0 saturated heterocycles. The summed E-state index contributed by atoms with van der Waals surface area (Å²) in [6.07, 6.45) is 5.99. The lowest BCUT2D eigenvalue weighted by atomic mass is 9.54. The SMILES string of the molecule is CC(=O)C(C(=O)NC1C2CC3CC(C2)CC1C3)=C(N)C(Cl)(Cl)Cl. The van der Waals surface area contributed by atoms with E-state index in [1.54, 1.807) is 0 Å². The number of rotatable bonds is 3. The van der Waals surface area contributed by atoms with Gasteiger partial charge < -0.3 is 11.1 Å². The minimum absolute atomic E-state index is 0.104. The Bertz CT molecular complexity index is 540. The van der Waals surface area contributed by atoms with Gasteiger partial charge in [-0.2, -0.15) is 0 Å². The Morgan fingerprint density at radius 2 is 1.48 bits per heavy atom. The van der Waals surface area contributed by atoms with Gasteiger partial charge >= 0.3 is 0 Å². The van der Waals surface area contributed by atoms with E-state index in [1.165, 1.54) is 13.3 Å². The van der Waals surface area contributed by atoms with Crippen LogP contribution >= 0.6 is 34.8 Å². The van der Waals surface area contributed by atoms with Crippen LogP contribution < -0.4 is 11.1 Å². The third-order valence-electron chi connectivity index (χ3n) is 5.68. The van der Waals surface area contributed by atoms with E-state index >= 15 is 0 Å². The Hall–Kier alpha value is -0.450. The smallest absolute Gasteiger partial charge is 0.257 e. The molecule has 0 aromatic heterocycles. The van der Waals surface area contributed by atoms with Gasteiger partial charge in [0.2, 0.25) is 3.79 Å². The molecule has 0 unspecified atom stereocenters. The van der Waals surface area contributed by atoms with Crippen molar-refractivity contribution in [2.24, 2.45) is 29.4 Å². The van der Waals surface area contributed by atoms with Crippen LogP contribution in [0.3, 0.4) is 0 Å². The Kier molecular flexibility index (Phi) is 4.63. The lowest BCUT2D eigenvalue weighted by Crippen LogP contribution is -2.56. The average molecular weight is 380 g/mol. The van der Waals surface area contributed by atoms with E-state index in [0.717, 1.165) is 37.5 Å².